The van der Waals surface area contributed by atoms with Crippen LogP contribution in [-0.4, -0.2) is 49.3 Å². The van der Waals surface area contributed by atoms with Gasteiger partial charge in [0, 0.05) is 10.8 Å². The number of carbonyl (C=O) groups excluding carboxylic acids is 2. The summed E-state index contributed by atoms with van der Waals surface area (Å²) in [6, 6.07) is 15.5. The Morgan fingerprint density at radius 3 is 2.53 bits per heavy atom. The van der Waals surface area contributed by atoms with Crippen molar-refractivity contribution < 1.29 is 19.2 Å². The molecule has 0 aliphatic heterocycles. The van der Waals surface area contributed by atoms with Gasteiger partial charge in [0.15, 0.2) is 0 Å². The van der Waals surface area contributed by atoms with Gasteiger partial charge in [0.25, 0.3) is 11.8 Å². The molecule has 2 amide bonds. The standard InChI is InChI=1S/C23H24N8O5/c1-3-13-36-19-11-9-17(10-12-19)14-20(24-21(32)18-7-5-4-6-8-18)22(33)26-25-16(2)15-30-28-23(27-29-30)31(34)35/h4-12,14H,3,13,15H2,1-2H3,(H,24,32)(H,26,33)/b20-14+,25-16?. The van der Waals surface area contributed by atoms with Gasteiger partial charge in [-0.2, -0.15) is 5.10 Å². The van der Waals surface area contributed by atoms with Gasteiger partial charge in [0.2, 0.25) is 0 Å². The Labute approximate surface area is 206 Å². The monoisotopic (exact) mass is 492 g/mol. The molecule has 0 atom stereocenters. The Bertz CT molecular complexity index is 1270. The van der Waals surface area contributed by atoms with E-state index in [0.29, 0.717) is 29.2 Å². The molecule has 13 nitrogen and oxygen atoms in total. The number of ether oxygens (including phenoxy) is 1. The Morgan fingerprint density at radius 1 is 1.17 bits per heavy atom. The summed E-state index contributed by atoms with van der Waals surface area (Å²) in [5, 5.41) is 27.7. The van der Waals surface area contributed by atoms with Crippen LogP contribution in [0.2, 0.25) is 0 Å². The molecule has 0 aliphatic rings. The van der Waals surface area contributed by atoms with Crippen molar-refractivity contribution in [1.82, 2.24) is 30.9 Å². The van der Waals surface area contributed by atoms with E-state index in [1.807, 2.05) is 6.92 Å². The lowest BCUT2D eigenvalue weighted by molar-refractivity contribution is -0.394. The second-order valence-corrected chi connectivity index (χ2v) is 7.46. The van der Waals surface area contributed by atoms with E-state index in [2.05, 4.69) is 31.3 Å². The Kier molecular flexibility index (Phi) is 8.92. The summed E-state index contributed by atoms with van der Waals surface area (Å²) < 4.78 is 5.57. The van der Waals surface area contributed by atoms with Crippen LogP contribution in [0, 0.1) is 10.1 Å². The average molecular weight is 492 g/mol. The number of nitrogens with one attached hydrogen (secondary N) is 2. The van der Waals surface area contributed by atoms with Gasteiger partial charge in [0.05, 0.1) is 22.5 Å². The third-order valence-corrected chi connectivity index (χ3v) is 4.52. The van der Waals surface area contributed by atoms with Crippen molar-refractivity contribution in [2.75, 3.05) is 6.61 Å². The zero-order valence-corrected chi connectivity index (χ0v) is 19.6. The largest absolute Gasteiger partial charge is 0.514 e. The maximum atomic E-state index is 12.9. The highest BCUT2D eigenvalue weighted by atomic mass is 16.6. The molecule has 0 fully saturated rings. The molecule has 0 radical (unpaired) electrons. The SMILES string of the molecule is CCCOc1ccc(/C=C(/NC(=O)c2ccccc2)C(=O)NN=C(C)Cn2nnc([N+](=O)[O-])n2)cc1. The van der Waals surface area contributed by atoms with Gasteiger partial charge in [-0.25, -0.2) is 5.43 Å². The van der Waals surface area contributed by atoms with Crippen molar-refractivity contribution in [3.05, 3.63) is 81.5 Å². The summed E-state index contributed by atoms with van der Waals surface area (Å²) in [4.78, 5) is 36.5. The van der Waals surface area contributed by atoms with E-state index in [1.165, 1.54) is 6.08 Å². The quantitative estimate of drug-likeness (QED) is 0.178. The number of hydrazone groups is 1. The number of hydrogen-bond acceptors (Lipinski definition) is 9. The van der Waals surface area contributed by atoms with E-state index >= 15 is 0 Å². The fraction of sp³-hybridized carbons (Fsp3) is 0.217. The summed E-state index contributed by atoms with van der Waals surface area (Å²) in [5.74, 6) is -1.11. The predicted octanol–water partition coefficient (Wildman–Crippen LogP) is 2.33. The molecular weight excluding hydrogens is 468 g/mol. The number of amides is 2. The molecule has 0 aliphatic carbocycles. The molecule has 2 N–H and O–H groups in total. The number of hydrogen-bond donors (Lipinski definition) is 2. The second-order valence-electron chi connectivity index (χ2n) is 7.46. The van der Waals surface area contributed by atoms with Crippen molar-refractivity contribution in [2.24, 2.45) is 5.10 Å². The molecule has 0 saturated heterocycles. The molecule has 2 aromatic carbocycles. The number of rotatable bonds is 11. The summed E-state index contributed by atoms with van der Waals surface area (Å²) >= 11 is 0. The second kappa shape index (κ2) is 12.5. The van der Waals surface area contributed by atoms with Gasteiger partial charge in [-0.05, 0) is 54.2 Å². The number of nitrogens with zero attached hydrogens (tertiary/aromatic N) is 6. The van der Waals surface area contributed by atoms with E-state index in [9.17, 15) is 19.7 Å². The molecule has 1 heterocycles. The van der Waals surface area contributed by atoms with Crippen LogP contribution in [0.25, 0.3) is 6.08 Å². The Balaban J connectivity index is 1.76. The first-order valence-corrected chi connectivity index (χ1v) is 10.9. The molecule has 0 saturated carbocycles. The van der Waals surface area contributed by atoms with Crippen molar-refractivity contribution in [3.8, 4) is 5.75 Å². The van der Waals surface area contributed by atoms with E-state index in [-0.39, 0.29) is 12.2 Å². The van der Waals surface area contributed by atoms with E-state index in [0.717, 1.165) is 11.2 Å². The summed E-state index contributed by atoms with van der Waals surface area (Å²) in [6.07, 6.45) is 2.38. The van der Waals surface area contributed by atoms with Gasteiger partial charge >= 0.3 is 5.95 Å². The first-order chi connectivity index (χ1) is 17.4. The lowest BCUT2D eigenvalue weighted by Crippen LogP contribution is -2.33. The zero-order chi connectivity index (χ0) is 25.9. The summed E-state index contributed by atoms with van der Waals surface area (Å²) in [5.41, 5.74) is 3.68. The highest BCUT2D eigenvalue weighted by molar-refractivity contribution is 6.05. The van der Waals surface area contributed by atoms with Gasteiger partial charge in [-0.1, -0.05) is 42.1 Å². The topological polar surface area (TPSA) is 167 Å². The fourth-order valence-corrected chi connectivity index (χ4v) is 2.81. The maximum Gasteiger partial charge on any atom is 0.514 e. The highest BCUT2D eigenvalue weighted by Crippen LogP contribution is 2.15. The molecule has 13 heteroatoms. The number of tetrazole rings is 1. The predicted molar refractivity (Wildman–Crippen MR) is 130 cm³/mol. The van der Waals surface area contributed by atoms with Crippen LogP contribution in [0.4, 0.5) is 5.95 Å². The maximum absolute atomic E-state index is 12.9. The van der Waals surface area contributed by atoms with Gasteiger partial charge in [-0.3, -0.25) is 9.59 Å². The van der Waals surface area contributed by atoms with Crippen LogP contribution in [-0.2, 0) is 11.3 Å². The molecule has 36 heavy (non-hydrogen) atoms. The van der Waals surface area contributed by atoms with E-state index in [1.54, 1.807) is 61.5 Å². The Morgan fingerprint density at radius 2 is 1.89 bits per heavy atom. The molecule has 3 rings (SSSR count). The molecule has 3 aromatic rings. The van der Waals surface area contributed by atoms with E-state index in [4.69, 9.17) is 4.74 Å². The first kappa shape index (κ1) is 25.7. The lowest BCUT2D eigenvalue weighted by atomic mass is 10.1. The van der Waals surface area contributed by atoms with Crippen LogP contribution in [0.5, 0.6) is 5.75 Å². The zero-order valence-electron chi connectivity index (χ0n) is 19.6. The normalized spacial score (nSPS) is 11.6. The van der Waals surface area contributed by atoms with E-state index < -0.39 is 22.7 Å². The summed E-state index contributed by atoms with van der Waals surface area (Å²) in [7, 11) is 0. The molecule has 0 spiro atoms. The average Bonchev–Trinajstić information content (AvgIpc) is 3.35. The van der Waals surface area contributed by atoms with Gasteiger partial charge < -0.3 is 20.2 Å². The smallest absolute Gasteiger partial charge is 0.494 e. The van der Waals surface area contributed by atoms with Gasteiger partial charge in [0.1, 0.15) is 18.0 Å². The number of benzene rings is 2. The first-order valence-electron chi connectivity index (χ1n) is 10.9. The minimum absolute atomic E-state index is 0.0443. The fourth-order valence-electron chi connectivity index (χ4n) is 2.81. The number of nitro groups is 1. The van der Waals surface area contributed by atoms with Crippen LogP contribution in [0.3, 0.4) is 0 Å². The van der Waals surface area contributed by atoms with Crippen molar-refractivity contribution in [2.45, 2.75) is 26.8 Å². The number of aromatic nitrogens is 4. The van der Waals surface area contributed by atoms with Gasteiger partial charge in [-0.15, -0.1) is 0 Å². The van der Waals surface area contributed by atoms with Crippen LogP contribution >= 0.6 is 0 Å². The third kappa shape index (κ3) is 7.55. The van der Waals surface area contributed by atoms with Crippen molar-refractivity contribution in [1.29, 1.82) is 0 Å². The Hall–Kier alpha value is -4.94. The molecule has 0 unspecified atom stereocenters. The minimum atomic E-state index is -0.771. The molecule has 1 aromatic heterocycles. The minimum Gasteiger partial charge on any atom is -0.494 e. The van der Waals surface area contributed by atoms with Crippen LogP contribution in [0.1, 0.15) is 36.2 Å². The third-order valence-electron chi connectivity index (χ3n) is 4.52. The molecule has 186 valence electrons. The lowest BCUT2D eigenvalue weighted by Gasteiger charge is -2.10. The van der Waals surface area contributed by atoms with Crippen molar-refractivity contribution in [3.63, 3.8) is 0 Å². The molecular formula is C23H24N8O5. The summed E-state index contributed by atoms with van der Waals surface area (Å²) in [6.45, 7) is 4.12. The molecule has 0 bridgehead atoms. The number of carbonyl (C=O) groups is 2. The van der Waals surface area contributed by atoms with Crippen LogP contribution in [0.15, 0.2) is 65.4 Å². The highest BCUT2D eigenvalue weighted by Gasteiger charge is 2.17. The van der Waals surface area contributed by atoms with Crippen molar-refractivity contribution >= 4 is 29.6 Å². The van der Waals surface area contributed by atoms with Crippen LogP contribution < -0.4 is 15.5 Å².